The van der Waals surface area contributed by atoms with E-state index in [0.29, 0.717) is 21.3 Å². The van der Waals surface area contributed by atoms with Gasteiger partial charge in [0.15, 0.2) is 5.01 Å². The molecule has 4 aromatic rings. The number of carbonyl (C=O) groups is 2. The van der Waals surface area contributed by atoms with Crippen molar-refractivity contribution in [1.29, 1.82) is 0 Å². The molecule has 7 nitrogen and oxygen atoms in total. The maximum atomic E-state index is 12.5. The predicted octanol–water partition coefficient (Wildman–Crippen LogP) is 4.68. The molecule has 0 aliphatic heterocycles. The first-order valence-corrected chi connectivity index (χ1v) is 10.6. The largest absolute Gasteiger partial charge is 0.497 e. The van der Waals surface area contributed by atoms with E-state index >= 15 is 0 Å². The highest BCUT2D eigenvalue weighted by molar-refractivity contribution is 7.21. The van der Waals surface area contributed by atoms with Crippen LogP contribution in [0.3, 0.4) is 0 Å². The quantitative estimate of drug-likeness (QED) is 0.439. The van der Waals surface area contributed by atoms with Gasteiger partial charge in [0.05, 0.1) is 7.11 Å². The second-order valence-electron chi connectivity index (χ2n) is 6.31. The van der Waals surface area contributed by atoms with Crippen molar-refractivity contribution in [3.63, 3.8) is 0 Å². The lowest BCUT2D eigenvalue weighted by atomic mass is 10.1. The number of carbonyl (C=O) groups excluding carboxylic acids is 2. The minimum atomic E-state index is -0.409. The summed E-state index contributed by atoms with van der Waals surface area (Å²) in [5, 5.41) is 12.3. The molecule has 0 saturated heterocycles. The normalized spacial score (nSPS) is 10.7. The second-order valence-corrected chi connectivity index (χ2v) is 8.43. The van der Waals surface area contributed by atoms with Gasteiger partial charge in [-0.25, -0.2) is 4.79 Å². The number of aromatic nitrogens is 2. The fraction of sp³-hybridized carbons (Fsp3) is 0.143. The summed E-state index contributed by atoms with van der Waals surface area (Å²) < 4.78 is 11.5. The Kier molecular flexibility index (Phi) is 5.73. The smallest absolute Gasteiger partial charge is 0.349 e. The van der Waals surface area contributed by atoms with Crippen LogP contribution in [-0.4, -0.2) is 29.2 Å². The molecule has 2 heterocycles. The number of fused-ring (bicyclic) bond motifs is 1. The van der Waals surface area contributed by atoms with E-state index in [4.69, 9.17) is 9.47 Å². The molecular weight excluding hydrogens is 422 g/mol. The highest BCUT2D eigenvalue weighted by Crippen LogP contribution is 2.31. The first-order valence-electron chi connectivity index (χ1n) is 8.98. The molecule has 0 atom stereocenters. The highest BCUT2D eigenvalue weighted by Gasteiger charge is 2.18. The van der Waals surface area contributed by atoms with E-state index < -0.39 is 5.97 Å². The van der Waals surface area contributed by atoms with Crippen LogP contribution in [0.25, 0.3) is 10.1 Å². The van der Waals surface area contributed by atoms with Gasteiger partial charge in [0.2, 0.25) is 5.01 Å². The Bertz CT molecular complexity index is 1210. The van der Waals surface area contributed by atoms with Crippen LogP contribution in [0.2, 0.25) is 0 Å². The monoisotopic (exact) mass is 439 g/mol. The van der Waals surface area contributed by atoms with Crippen molar-refractivity contribution in [2.45, 2.75) is 13.5 Å². The molecule has 1 N–H and O–H groups in total. The summed E-state index contributed by atoms with van der Waals surface area (Å²) >= 11 is 2.48. The number of rotatable bonds is 6. The number of nitrogens with zero attached hydrogens (tertiary/aromatic N) is 2. The molecule has 0 saturated carbocycles. The molecule has 4 rings (SSSR count). The fourth-order valence-corrected chi connectivity index (χ4v) is 4.58. The molecule has 2 aromatic carbocycles. The second kappa shape index (κ2) is 8.60. The van der Waals surface area contributed by atoms with Gasteiger partial charge in [0.25, 0.3) is 5.91 Å². The summed E-state index contributed by atoms with van der Waals surface area (Å²) in [5.41, 5.74) is 1.52. The number of hydrogen-bond acceptors (Lipinski definition) is 8. The number of nitrogens with one attached hydrogen (secondary N) is 1. The Morgan fingerprint density at radius 1 is 1.03 bits per heavy atom. The number of ether oxygens (including phenoxy) is 2. The van der Waals surface area contributed by atoms with Gasteiger partial charge in [-0.15, -0.1) is 21.5 Å². The van der Waals surface area contributed by atoms with Crippen molar-refractivity contribution < 1.29 is 19.1 Å². The predicted molar refractivity (Wildman–Crippen MR) is 117 cm³/mol. The van der Waals surface area contributed by atoms with Crippen LogP contribution in [0, 0.1) is 6.92 Å². The fourth-order valence-electron chi connectivity index (χ4n) is 2.82. The molecular formula is C21H17N3O4S2. The summed E-state index contributed by atoms with van der Waals surface area (Å²) in [7, 11) is 1.57. The Labute approximate surface area is 180 Å². The van der Waals surface area contributed by atoms with Gasteiger partial charge in [0.1, 0.15) is 17.2 Å². The zero-order valence-electron chi connectivity index (χ0n) is 16.2. The molecule has 0 aliphatic carbocycles. The van der Waals surface area contributed by atoms with E-state index in [1.165, 1.54) is 11.3 Å². The molecule has 0 unspecified atom stereocenters. The number of benzene rings is 2. The van der Waals surface area contributed by atoms with Gasteiger partial charge in [-0.05, 0) is 48.2 Å². The highest BCUT2D eigenvalue weighted by atomic mass is 32.1. The average molecular weight is 440 g/mol. The third-order valence-corrected chi connectivity index (χ3v) is 6.51. The Morgan fingerprint density at radius 2 is 1.80 bits per heavy atom. The molecule has 9 heteroatoms. The molecule has 152 valence electrons. The summed E-state index contributed by atoms with van der Waals surface area (Å²) in [6.07, 6.45) is 0. The summed E-state index contributed by atoms with van der Waals surface area (Å²) in [6.45, 7) is 1.86. The number of aryl methyl sites for hydroxylation is 1. The Morgan fingerprint density at radius 3 is 2.53 bits per heavy atom. The zero-order valence-corrected chi connectivity index (χ0v) is 17.8. The topological polar surface area (TPSA) is 90.4 Å². The van der Waals surface area contributed by atoms with Gasteiger partial charge in [0, 0.05) is 10.4 Å². The number of anilines is 1. The SMILES string of the molecule is COc1ccc(NC(=O)c2nnc(COC(=O)c3sc4ccccc4c3C)s2)cc1. The zero-order chi connectivity index (χ0) is 21.1. The van der Waals surface area contributed by atoms with E-state index in [2.05, 4.69) is 15.5 Å². The van der Waals surface area contributed by atoms with Crippen LogP contribution in [0.5, 0.6) is 5.75 Å². The Balaban J connectivity index is 1.38. The lowest BCUT2D eigenvalue weighted by molar-refractivity contribution is 0.0476. The van der Waals surface area contributed by atoms with Crippen molar-refractivity contribution in [3.8, 4) is 5.75 Å². The summed E-state index contributed by atoms with van der Waals surface area (Å²) in [5.74, 6) is -0.0920. The summed E-state index contributed by atoms with van der Waals surface area (Å²) in [6, 6.07) is 14.8. The maximum absolute atomic E-state index is 12.5. The number of methoxy groups -OCH3 is 1. The van der Waals surface area contributed by atoms with E-state index in [0.717, 1.165) is 27.0 Å². The van der Waals surface area contributed by atoms with Gasteiger partial charge < -0.3 is 14.8 Å². The average Bonchev–Trinajstić information content (AvgIpc) is 3.38. The molecule has 2 aromatic heterocycles. The summed E-state index contributed by atoms with van der Waals surface area (Å²) in [4.78, 5) is 25.4. The molecule has 0 bridgehead atoms. The van der Waals surface area contributed by atoms with Crippen LogP contribution >= 0.6 is 22.7 Å². The molecule has 0 fully saturated rings. The lowest BCUT2D eigenvalue weighted by Gasteiger charge is -2.04. The van der Waals surface area contributed by atoms with Gasteiger partial charge in [-0.3, -0.25) is 4.79 Å². The van der Waals surface area contributed by atoms with Crippen molar-refractivity contribution >= 4 is 50.3 Å². The minimum Gasteiger partial charge on any atom is -0.497 e. The molecule has 30 heavy (non-hydrogen) atoms. The first kappa shape index (κ1) is 20.0. The van der Waals surface area contributed by atoms with Crippen LogP contribution in [0.4, 0.5) is 5.69 Å². The first-order chi connectivity index (χ1) is 14.5. The van der Waals surface area contributed by atoms with Gasteiger partial charge >= 0.3 is 5.97 Å². The van der Waals surface area contributed by atoms with E-state index in [-0.39, 0.29) is 17.5 Å². The lowest BCUT2D eigenvalue weighted by Crippen LogP contribution is -2.11. The molecule has 0 radical (unpaired) electrons. The van der Waals surface area contributed by atoms with Gasteiger partial charge in [-0.2, -0.15) is 0 Å². The van der Waals surface area contributed by atoms with Crippen LogP contribution in [-0.2, 0) is 11.3 Å². The molecule has 1 amide bonds. The molecule has 0 aliphatic rings. The van der Waals surface area contributed by atoms with Crippen LogP contribution < -0.4 is 10.1 Å². The number of thiophene rings is 1. The van der Waals surface area contributed by atoms with Gasteiger partial charge in [-0.1, -0.05) is 29.5 Å². The third-order valence-electron chi connectivity index (χ3n) is 4.36. The van der Waals surface area contributed by atoms with E-state index in [1.807, 2.05) is 31.2 Å². The van der Waals surface area contributed by atoms with Crippen molar-refractivity contribution in [2.24, 2.45) is 0 Å². The molecule has 0 spiro atoms. The number of esters is 1. The van der Waals surface area contributed by atoms with Crippen molar-refractivity contribution in [2.75, 3.05) is 12.4 Å². The number of hydrogen-bond donors (Lipinski definition) is 1. The van der Waals surface area contributed by atoms with Crippen LogP contribution in [0.1, 0.15) is 30.0 Å². The van der Waals surface area contributed by atoms with Crippen molar-refractivity contribution in [1.82, 2.24) is 10.2 Å². The standard InChI is InChI=1S/C21H17N3O4S2/c1-12-15-5-3-4-6-16(15)29-18(12)21(26)28-11-17-23-24-20(30-17)19(25)22-13-7-9-14(27-2)10-8-13/h3-10H,11H2,1-2H3,(H,22,25). The number of amides is 1. The van der Waals surface area contributed by atoms with E-state index in [1.54, 1.807) is 31.4 Å². The maximum Gasteiger partial charge on any atom is 0.349 e. The van der Waals surface area contributed by atoms with Crippen LogP contribution in [0.15, 0.2) is 48.5 Å². The minimum absolute atomic E-state index is 0.0417. The van der Waals surface area contributed by atoms with E-state index in [9.17, 15) is 9.59 Å². The Hall–Kier alpha value is -3.30. The van der Waals surface area contributed by atoms with Crippen molar-refractivity contribution in [3.05, 3.63) is 69.0 Å². The third kappa shape index (κ3) is 4.17.